The van der Waals surface area contributed by atoms with Gasteiger partial charge in [-0.2, -0.15) is 0 Å². The van der Waals surface area contributed by atoms with E-state index >= 15 is 0 Å². The zero-order chi connectivity index (χ0) is 18.7. The van der Waals surface area contributed by atoms with Crippen LogP contribution >= 0.6 is 0 Å². The monoisotopic (exact) mass is 363 g/mol. The van der Waals surface area contributed by atoms with E-state index in [1.54, 1.807) is 12.1 Å². The van der Waals surface area contributed by atoms with Crippen LogP contribution in [0.4, 0.5) is 9.18 Å². The summed E-state index contributed by atoms with van der Waals surface area (Å²) in [5.41, 5.74) is 0.802. The average Bonchev–Trinajstić information content (AvgIpc) is 3.35. The van der Waals surface area contributed by atoms with Gasteiger partial charge in [-0.1, -0.05) is 19.1 Å². The summed E-state index contributed by atoms with van der Waals surface area (Å²) in [7, 11) is 0. The van der Waals surface area contributed by atoms with Crippen LogP contribution in [0.25, 0.3) is 0 Å². The zero-order valence-electron chi connectivity index (χ0n) is 15.0. The quantitative estimate of drug-likeness (QED) is 0.661. The van der Waals surface area contributed by atoms with E-state index in [4.69, 9.17) is 5.11 Å². The van der Waals surface area contributed by atoms with Gasteiger partial charge in [-0.05, 0) is 49.9 Å². The van der Waals surface area contributed by atoms with Crippen LogP contribution in [0, 0.1) is 5.82 Å². The Balaban J connectivity index is 1.41. The van der Waals surface area contributed by atoms with Crippen molar-refractivity contribution >= 4 is 12.0 Å². The number of aliphatic carboxylic acids is 1. The molecule has 2 aliphatic carbocycles. The molecule has 0 bridgehead atoms. The second-order valence-corrected chi connectivity index (χ2v) is 7.40. The third-order valence-corrected chi connectivity index (χ3v) is 5.59. The highest BCUT2D eigenvalue weighted by Gasteiger charge is 2.44. The zero-order valence-corrected chi connectivity index (χ0v) is 15.0. The Morgan fingerprint density at radius 1 is 1.35 bits per heavy atom. The smallest absolute Gasteiger partial charge is 0.317 e. The lowest BCUT2D eigenvalue weighted by Crippen LogP contribution is -2.56. The molecule has 0 saturated heterocycles. The Kier molecular flexibility index (Phi) is 5.46. The van der Waals surface area contributed by atoms with Gasteiger partial charge in [-0.25, -0.2) is 9.18 Å². The topological polar surface area (TPSA) is 81.7 Å². The average molecular weight is 363 g/mol. The van der Waals surface area contributed by atoms with Crippen LogP contribution in [0.2, 0.25) is 0 Å². The normalized spacial score (nSPS) is 23.2. The van der Waals surface area contributed by atoms with Gasteiger partial charge in [0.05, 0.1) is 6.54 Å². The van der Waals surface area contributed by atoms with Gasteiger partial charge in [0.25, 0.3) is 0 Å². The fourth-order valence-corrected chi connectivity index (χ4v) is 3.70. The predicted octanol–water partition coefficient (Wildman–Crippen LogP) is 2.09. The van der Waals surface area contributed by atoms with Gasteiger partial charge in [0, 0.05) is 24.0 Å². The van der Waals surface area contributed by atoms with Gasteiger partial charge in [0.1, 0.15) is 5.82 Å². The van der Waals surface area contributed by atoms with Crippen molar-refractivity contribution in [2.75, 3.05) is 19.6 Å². The Hall–Kier alpha value is -2.15. The molecule has 1 aromatic carbocycles. The molecule has 0 aromatic heterocycles. The van der Waals surface area contributed by atoms with E-state index in [1.165, 1.54) is 6.07 Å². The molecule has 0 unspecified atom stereocenters. The third-order valence-electron chi connectivity index (χ3n) is 5.59. The van der Waals surface area contributed by atoms with Gasteiger partial charge >= 0.3 is 12.0 Å². The summed E-state index contributed by atoms with van der Waals surface area (Å²) in [5, 5.41) is 14.8. The standard InChI is InChI=1S/C19H26FN3O3/c1-2-23(11-17(24)25)16-9-15(10-16)22-18(26)21-12-19(6-7-19)13-4-3-5-14(20)8-13/h3-5,8,15-16H,2,6-7,9-12H2,1H3,(H,24,25)(H2,21,22,26). The first-order valence-corrected chi connectivity index (χ1v) is 9.18. The van der Waals surface area contributed by atoms with E-state index in [-0.39, 0.29) is 35.9 Å². The maximum absolute atomic E-state index is 13.4. The van der Waals surface area contributed by atoms with E-state index < -0.39 is 5.97 Å². The number of amides is 2. The minimum atomic E-state index is -0.826. The van der Waals surface area contributed by atoms with Gasteiger partial charge < -0.3 is 15.7 Å². The number of urea groups is 1. The Bertz CT molecular complexity index is 672. The van der Waals surface area contributed by atoms with Crippen molar-refractivity contribution in [3.8, 4) is 0 Å². The van der Waals surface area contributed by atoms with Crippen molar-refractivity contribution in [1.29, 1.82) is 0 Å². The number of rotatable bonds is 8. The van der Waals surface area contributed by atoms with Crippen LogP contribution in [0.5, 0.6) is 0 Å². The van der Waals surface area contributed by atoms with Crippen LogP contribution in [-0.4, -0.2) is 53.7 Å². The highest BCUT2D eigenvalue weighted by Crippen LogP contribution is 2.47. The fourth-order valence-electron chi connectivity index (χ4n) is 3.70. The second kappa shape index (κ2) is 7.61. The van der Waals surface area contributed by atoms with Crippen molar-refractivity contribution in [1.82, 2.24) is 15.5 Å². The van der Waals surface area contributed by atoms with Crippen LogP contribution in [0.15, 0.2) is 24.3 Å². The summed E-state index contributed by atoms with van der Waals surface area (Å²) < 4.78 is 13.4. The predicted molar refractivity (Wildman–Crippen MR) is 95.5 cm³/mol. The van der Waals surface area contributed by atoms with Crippen molar-refractivity contribution in [3.05, 3.63) is 35.6 Å². The molecule has 3 rings (SSSR count). The third kappa shape index (κ3) is 4.33. The Labute approximate surface area is 152 Å². The molecule has 2 amide bonds. The number of carboxylic acids is 1. The summed E-state index contributed by atoms with van der Waals surface area (Å²) >= 11 is 0. The summed E-state index contributed by atoms with van der Waals surface area (Å²) in [6.45, 7) is 3.17. The number of carboxylic acid groups (broad SMARTS) is 1. The summed E-state index contributed by atoms with van der Waals surface area (Å²) in [4.78, 5) is 24.9. The molecule has 2 fully saturated rings. The second-order valence-electron chi connectivity index (χ2n) is 7.40. The molecule has 1 aromatic rings. The van der Waals surface area contributed by atoms with Crippen molar-refractivity contribution in [3.63, 3.8) is 0 Å². The van der Waals surface area contributed by atoms with Crippen molar-refractivity contribution < 1.29 is 19.1 Å². The van der Waals surface area contributed by atoms with E-state index in [9.17, 15) is 14.0 Å². The molecule has 0 spiro atoms. The van der Waals surface area contributed by atoms with Crippen LogP contribution < -0.4 is 10.6 Å². The number of hydrogen-bond donors (Lipinski definition) is 3. The molecule has 142 valence electrons. The number of carbonyl (C=O) groups is 2. The number of nitrogens with one attached hydrogen (secondary N) is 2. The van der Waals surface area contributed by atoms with Crippen molar-refractivity contribution in [2.45, 2.75) is 50.1 Å². The summed E-state index contributed by atoms with van der Waals surface area (Å²) in [5.74, 6) is -1.08. The number of halogens is 1. The summed E-state index contributed by atoms with van der Waals surface area (Å²) in [6, 6.07) is 6.67. The van der Waals surface area contributed by atoms with E-state index in [0.717, 1.165) is 31.2 Å². The van der Waals surface area contributed by atoms with Gasteiger partial charge in [0.2, 0.25) is 0 Å². The molecule has 0 aliphatic heterocycles. The fraction of sp³-hybridized carbons (Fsp3) is 0.579. The van der Waals surface area contributed by atoms with E-state index in [2.05, 4.69) is 10.6 Å². The molecule has 6 nitrogen and oxygen atoms in total. The van der Waals surface area contributed by atoms with Crippen LogP contribution in [0.1, 0.15) is 38.2 Å². The van der Waals surface area contributed by atoms with Gasteiger partial charge in [-0.15, -0.1) is 0 Å². The number of hydrogen-bond acceptors (Lipinski definition) is 3. The first-order chi connectivity index (χ1) is 12.4. The van der Waals surface area contributed by atoms with Crippen LogP contribution in [0.3, 0.4) is 0 Å². The molecule has 7 heteroatoms. The Morgan fingerprint density at radius 2 is 2.08 bits per heavy atom. The van der Waals surface area contributed by atoms with Gasteiger partial charge in [0.15, 0.2) is 0 Å². The Morgan fingerprint density at radius 3 is 2.65 bits per heavy atom. The van der Waals surface area contributed by atoms with Crippen LogP contribution in [-0.2, 0) is 10.2 Å². The maximum Gasteiger partial charge on any atom is 0.317 e. The summed E-state index contributed by atoms with van der Waals surface area (Å²) in [6.07, 6.45) is 3.43. The highest BCUT2D eigenvalue weighted by molar-refractivity contribution is 5.74. The molecule has 2 saturated carbocycles. The first kappa shape index (κ1) is 18.6. The minimum Gasteiger partial charge on any atom is -0.480 e. The van der Waals surface area contributed by atoms with E-state index in [0.29, 0.717) is 13.1 Å². The number of carbonyl (C=O) groups excluding carboxylic acids is 1. The molecule has 26 heavy (non-hydrogen) atoms. The number of nitrogens with zero attached hydrogens (tertiary/aromatic N) is 1. The molecular weight excluding hydrogens is 337 g/mol. The number of likely N-dealkylation sites (N-methyl/N-ethyl adjacent to an activating group) is 1. The SMILES string of the molecule is CCN(CC(=O)O)C1CC(NC(=O)NCC2(c3cccc(F)c3)CC2)C1. The maximum atomic E-state index is 13.4. The molecule has 3 N–H and O–H groups in total. The largest absolute Gasteiger partial charge is 0.480 e. The molecule has 2 aliphatic rings. The van der Waals surface area contributed by atoms with Gasteiger partial charge in [-0.3, -0.25) is 9.69 Å². The molecular formula is C19H26FN3O3. The van der Waals surface area contributed by atoms with E-state index in [1.807, 2.05) is 17.9 Å². The molecule has 0 atom stereocenters. The highest BCUT2D eigenvalue weighted by atomic mass is 19.1. The number of benzene rings is 1. The molecule has 0 heterocycles. The lowest BCUT2D eigenvalue weighted by molar-refractivity contribution is -0.139. The lowest BCUT2D eigenvalue weighted by atomic mass is 9.85. The lowest BCUT2D eigenvalue weighted by Gasteiger charge is -2.42. The molecule has 0 radical (unpaired) electrons. The van der Waals surface area contributed by atoms with Crippen molar-refractivity contribution in [2.24, 2.45) is 0 Å². The minimum absolute atomic E-state index is 0.0379. The first-order valence-electron chi connectivity index (χ1n) is 9.18.